The lowest BCUT2D eigenvalue weighted by Crippen LogP contribution is -2.19. The summed E-state index contributed by atoms with van der Waals surface area (Å²) in [4.78, 5) is 13.3. The number of phenolic OH excluding ortho intramolecular Hbond substituents is 2. The van der Waals surface area contributed by atoms with Crippen LogP contribution in [0.25, 0.3) is 21.9 Å². The molecule has 3 N–H and O–H groups in total. The maximum absolute atomic E-state index is 13.3. The van der Waals surface area contributed by atoms with Crippen LogP contribution >= 0.6 is 0 Å². The molecule has 0 aliphatic carbocycles. The molecule has 3 heterocycles. The molecule has 150 valence electrons. The topological polar surface area (TPSA) is 109 Å². The van der Waals surface area contributed by atoms with Crippen molar-refractivity contribution >= 4 is 21.9 Å². The van der Waals surface area contributed by atoms with Gasteiger partial charge < -0.3 is 29.2 Å². The number of rotatable bonds is 3. The highest BCUT2D eigenvalue weighted by atomic mass is 16.7. The number of phenols is 2. The largest absolute Gasteiger partial charge is 0.507 e. The van der Waals surface area contributed by atoms with Crippen LogP contribution in [0.5, 0.6) is 17.2 Å². The van der Waals surface area contributed by atoms with E-state index in [2.05, 4.69) is 0 Å². The van der Waals surface area contributed by atoms with Gasteiger partial charge in [0.15, 0.2) is 0 Å². The van der Waals surface area contributed by atoms with Gasteiger partial charge in [0, 0.05) is 6.07 Å². The Hall–Kier alpha value is -3.19. The third kappa shape index (κ3) is 2.65. The molecule has 0 fully saturated rings. The van der Waals surface area contributed by atoms with Crippen LogP contribution in [0.3, 0.4) is 0 Å². The quantitative estimate of drug-likeness (QED) is 0.582. The molecule has 0 saturated heterocycles. The molecule has 0 spiro atoms. The van der Waals surface area contributed by atoms with Crippen molar-refractivity contribution in [1.29, 1.82) is 0 Å². The second-order valence-electron chi connectivity index (χ2n) is 8.18. The first-order chi connectivity index (χ1) is 13.7. The van der Waals surface area contributed by atoms with Crippen LogP contribution in [0.15, 0.2) is 39.7 Å². The minimum atomic E-state index is -0.889. The average Bonchev–Trinajstić information content (AvgIpc) is 3.20. The van der Waals surface area contributed by atoms with Crippen LogP contribution in [0.4, 0.5) is 0 Å². The Labute approximate surface area is 165 Å². The van der Waals surface area contributed by atoms with Gasteiger partial charge in [0.1, 0.15) is 39.2 Å². The van der Waals surface area contributed by atoms with Crippen molar-refractivity contribution in [2.45, 2.75) is 44.5 Å². The van der Waals surface area contributed by atoms with Crippen LogP contribution in [0.1, 0.15) is 37.3 Å². The van der Waals surface area contributed by atoms with Crippen LogP contribution in [0.2, 0.25) is 0 Å². The molecule has 2 atom stereocenters. The minimum absolute atomic E-state index is 0.00395. The van der Waals surface area contributed by atoms with Crippen molar-refractivity contribution in [3.8, 4) is 17.2 Å². The van der Waals surface area contributed by atoms with Gasteiger partial charge in [-0.1, -0.05) is 6.07 Å². The van der Waals surface area contributed by atoms with E-state index in [1.165, 1.54) is 12.3 Å². The summed E-state index contributed by atoms with van der Waals surface area (Å²) in [6.45, 7) is 3.40. The zero-order chi connectivity index (χ0) is 20.5. The molecule has 0 saturated carbocycles. The molecule has 7 nitrogen and oxygen atoms in total. The molecule has 2 aliphatic heterocycles. The summed E-state index contributed by atoms with van der Waals surface area (Å²) in [5.74, 6) is -0.357. The molecular formula is C22H20O7. The summed E-state index contributed by atoms with van der Waals surface area (Å²) in [5.41, 5.74) is 0.150. The third-order valence-electron chi connectivity index (χ3n) is 5.52. The zero-order valence-corrected chi connectivity index (χ0v) is 15.9. The average molecular weight is 396 g/mol. The lowest BCUT2D eigenvalue weighted by Gasteiger charge is -2.17. The Bertz CT molecular complexity index is 1250. The van der Waals surface area contributed by atoms with E-state index in [1.807, 2.05) is 0 Å². The smallest absolute Gasteiger partial charge is 0.250 e. The van der Waals surface area contributed by atoms with Crippen molar-refractivity contribution in [2.75, 3.05) is 0 Å². The number of aromatic hydroxyl groups is 2. The molecule has 0 amide bonds. The summed E-state index contributed by atoms with van der Waals surface area (Å²) in [6.07, 6.45) is 3.58. The standard InChI is InChI=1S/C22H20O7/c1-22(2,26)7-5-10-3-4-12(23)16-19(25)17-14(28-20(10)16)9-13-15(18(17)24)11-6-8-27-21(11)29-13/h3-4,6,8-9,11,21,23-24,26H,5,7H2,1-2H3/t11-,21-/m0/s1. The number of ether oxygens (including phenoxy) is 2. The SMILES string of the molecule is CC(C)(O)CCc1ccc(O)c2c(=O)c3c(O)c4c(cc3oc12)O[C@@H]1OC=C[C@@H]41. The van der Waals surface area contributed by atoms with Crippen molar-refractivity contribution in [3.63, 3.8) is 0 Å². The Balaban J connectivity index is 1.78. The van der Waals surface area contributed by atoms with Gasteiger partial charge in [-0.05, 0) is 44.4 Å². The van der Waals surface area contributed by atoms with Crippen molar-refractivity contribution in [1.82, 2.24) is 0 Å². The normalized spacial score (nSPS) is 20.0. The Morgan fingerprint density at radius 2 is 1.97 bits per heavy atom. The van der Waals surface area contributed by atoms with Gasteiger partial charge in [0.2, 0.25) is 5.43 Å². The van der Waals surface area contributed by atoms with Gasteiger partial charge in [-0.2, -0.15) is 0 Å². The molecule has 0 unspecified atom stereocenters. The summed E-state index contributed by atoms with van der Waals surface area (Å²) in [6, 6.07) is 4.68. The first-order valence-electron chi connectivity index (χ1n) is 9.43. The Kier molecular flexibility index (Phi) is 3.64. The van der Waals surface area contributed by atoms with E-state index in [-0.39, 0.29) is 39.4 Å². The van der Waals surface area contributed by atoms with Gasteiger partial charge >= 0.3 is 0 Å². The number of fused-ring (bicyclic) bond motifs is 5. The Morgan fingerprint density at radius 3 is 2.72 bits per heavy atom. The molecular weight excluding hydrogens is 376 g/mol. The molecule has 2 aliphatic rings. The van der Waals surface area contributed by atoms with E-state index in [9.17, 15) is 20.1 Å². The van der Waals surface area contributed by atoms with E-state index >= 15 is 0 Å². The maximum atomic E-state index is 13.3. The van der Waals surface area contributed by atoms with E-state index in [0.29, 0.717) is 29.7 Å². The number of hydrogen-bond donors (Lipinski definition) is 3. The zero-order valence-electron chi connectivity index (χ0n) is 15.9. The monoisotopic (exact) mass is 396 g/mol. The van der Waals surface area contributed by atoms with E-state index in [4.69, 9.17) is 13.9 Å². The first kappa shape index (κ1) is 17.9. The minimum Gasteiger partial charge on any atom is -0.507 e. The molecule has 29 heavy (non-hydrogen) atoms. The highest BCUT2D eigenvalue weighted by Crippen LogP contribution is 2.49. The fourth-order valence-electron chi connectivity index (χ4n) is 4.02. The predicted octanol–water partition coefficient (Wildman–Crippen LogP) is 3.41. The lowest BCUT2D eigenvalue weighted by atomic mass is 9.95. The number of hydrogen-bond acceptors (Lipinski definition) is 7. The molecule has 2 aromatic carbocycles. The van der Waals surface area contributed by atoms with Gasteiger partial charge in [0.25, 0.3) is 6.29 Å². The highest BCUT2D eigenvalue weighted by Gasteiger charge is 2.40. The lowest BCUT2D eigenvalue weighted by molar-refractivity contribution is -0.00482. The number of aliphatic hydroxyl groups is 1. The van der Waals surface area contributed by atoms with Gasteiger partial charge in [-0.3, -0.25) is 4.79 Å². The summed E-state index contributed by atoms with van der Waals surface area (Å²) in [5, 5.41) is 31.3. The fourth-order valence-corrected chi connectivity index (χ4v) is 4.02. The van der Waals surface area contributed by atoms with E-state index in [1.54, 1.807) is 32.1 Å². The van der Waals surface area contributed by atoms with Crippen molar-refractivity contribution in [3.05, 3.63) is 51.9 Å². The van der Waals surface area contributed by atoms with Gasteiger partial charge in [-0.15, -0.1) is 0 Å². The fraction of sp³-hybridized carbons (Fsp3) is 0.318. The second-order valence-corrected chi connectivity index (χ2v) is 8.18. The summed E-state index contributed by atoms with van der Waals surface area (Å²) < 4.78 is 17.1. The molecule has 0 bridgehead atoms. The molecule has 5 rings (SSSR count). The Morgan fingerprint density at radius 1 is 1.17 bits per heavy atom. The molecule has 1 aromatic heterocycles. The van der Waals surface area contributed by atoms with E-state index in [0.717, 1.165) is 0 Å². The number of benzene rings is 2. The summed E-state index contributed by atoms with van der Waals surface area (Å²) in [7, 11) is 0. The predicted molar refractivity (Wildman–Crippen MR) is 105 cm³/mol. The van der Waals surface area contributed by atoms with Crippen LogP contribution in [-0.2, 0) is 11.2 Å². The van der Waals surface area contributed by atoms with Crippen LogP contribution < -0.4 is 10.2 Å². The first-order valence-corrected chi connectivity index (χ1v) is 9.43. The second kappa shape index (κ2) is 5.90. The van der Waals surface area contributed by atoms with E-state index < -0.39 is 17.3 Å². The van der Waals surface area contributed by atoms with Crippen LogP contribution in [0, 0.1) is 0 Å². The van der Waals surface area contributed by atoms with Gasteiger partial charge in [0.05, 0.1) is 23.3 Å². The molecule has 7 heteroatoms. The summed E-state index contributed by atoms with van der Waals surface area (Å²) >= 11 is 0. The van der Waals surface area contributed by atoms with Crippen molar-refractivity contribution in [2.24, 2.45) is 0 Å². The number of aryl methyl sites for hydroxylation is 1. The van der Waals surface area contributed by atoms with Crippen molar-refractivity contribution < 1.29 is 29.2 Å². The maximum Gasteiger partial charge on any atom is 0.250 e. The molecule has 0 radical (unpaired) electrons. The molecule has 3 aromatic rings. The van der Waals surface area contributed by atoms with Crippen LogP contribution in [-0.4, -0.2) is 27.2 Å². The third-order valence-corrected chi connectivity index (χ3v) is 5.52. The highest BCUT2D eigenvalue weighted by molar-refractivity contribution is 5.98. The van der Waals surface area contributed by atoms with Gasteiger partial charge in [-0.25, -0.2) is 0 Å².